The molecule has 0 aliphatic rings. The smallest absolute Gasteiger partial charge is 0.267 e. The number of aliphatic hydroxyl groups is 2. The minimum Gasteiger partial charge on any atom is -0.387 e. The van der Waals surface area contributed by atoms with Gasteiger partial charge < -0.3 is 15.5 Å². The van der Waals surface area contributed by atoms with Crippen molar-refractivity contribution in [3.8, 4) is 0 Å². The fraction of sp³-hybridized carbons (Fsp3) is 0.821. The van der Waals surface area contributed by atoms with Gasteiger partial charge in [0.2, 0.25) is 5.91 Å². The summed E-state index contributed by atoms with van der Waals surface area (Å²) in [5.74, 6) is -1.56. The van der Waals surface area contributed by atoms with E-state index < -0.39 is 40.0 Å². The third kappa shape index (κ3) is 32.8. The molecule has 0 aromatic heterocycles. The molecule has 0 spiro atoms. The van der Waals surface area contributed by atoms with Crippen molar-refractivity contribution in [1.82, 2.24) is 5.32 Å². The highest BCUT2D eigenvalue weighted by Gasteiger charge is 2.27. The molecule has 0 fully saturated rings. The topological polar surface area (TPSA) is 124 Å². The van der Waals surface area contributed by atoms with E-state index in [4.69, 9.17) is 0 Å². The number of aliphatic hydroxyl groups excluding tert-OH is 2. The van der Waals surface area contributed by atoms with E-state index in [0.29, 0.717) is 12.8 Å². The summed E-state index contributed by atoms with van der Waals surface area (Å²) < 4.78 is 32.4. The minimum atomic E-state index is -4.45. The Morgan fingerprint density at radius 1 is 0.574 bits per heavy atom. The van der Waals surface area contributed by atoms with E-state index in [1.165, 1.54) is 109 Å². The molecule has 7 nitrogen and oxygen atoms in total. The Balaban J connectivity index is 4.07. The highest BCUT2D eigenvalue weighted by molar-refractivity contribution is 7.85. The Labute approximate surface area is 289 Å². The van der Waals surface area contributed by atoms with Gasteiger partial charge in [-0.1, -0.05) is 179 Å². The van der Waals surface area contributed by atoms with Crippen LogP contribution in [0.15, 0.2) is 36.5 Å². The quantitative estimate of drug-likeness (QED) is 0.0304. The summed E-state index contributed by atoms with van der Waals surface area (Å²) in [6.45, 7) is 4.45. The first-order valence-corrected chi connectivity index (χ1v) is 20.9. The molecule has 0 saturated heterocycles. The highest BCUT2D eigenvalue weighted by Crippen LogP contribution is 2.15. The van der Waals surface area contributed by atoms with E-state index in [1.807, 2.05) is 0 Å². The number of carbonyl (C=O) groups is 1. The molecular weight excluding hydrogens is 610 g/mol. The van der Waals surface area contributed by atoms with Gasteiger partial charge >= 0.3 is 0 Å². The van der Waals surface area contributed by atoms with Crippen molar-refractivity contribution in [1.29, 1.82) is 0 Å². The van der Waals surface area contributed by atoms with Crippen LogP contribution in [0.5, 0.6) is 0 Å². The maximum Gasteiger partial charge on any atom is 0.267 e. The van der Waals surface area contributed by atoms with E-state index in [2.05, 4.69) is 43.5 Å². The molecule has 276 valence electrons. The van der Waals surface area contributed by atoms with Crippen molar-refractivity contribution < 1.29 is 28.0 Å². The largest absolute Gasteiger partial charge is 0.387 e. The molecule has 0 rings (SSSR count). The molecule has 3 unspecified atom stereocenters. The number of rotatable bonds is 34. The molecule has 0 bridgehead atoms. The number of unbranched alkanes of at least 4 members (excludes halogenated alkanes) is 21. The van der Waals surface area contributed by atoms with Gasteiger partial charge in [0, 0.05) is 0 Å². The van der Waals surface area contributed by atoms with Crippen LogP contribution in [-0.4, -0.2) is 53.1 Å². The summed E-state index contributed by atoms with van der Waals surface area (Å²) in [6.07, 6.45) is 39.2. The molecule has 47 heavy (non-hydrogen) atoms. The van der Waals surface area contributed by atoms with Crippen molar-refractivity contribution in [3.63, 3.8) is 0 Å². The standard InChI is InChI=1S/C39H73NO6S/c1-3-5-7-9-11-13-15-17-18-19-20-21-22-24-26-28-30-32-34-38(42)39(43)40-36(35-47(44,45)46)37(41)33-31-29-27-25-23-16-14-12-10-8-6-4-2/h10,12,23,25,31,33,36-38,41-42H,3-9,11,13-22,24,26-30,32,34-35H2,1-2H3,(H,40,43)(H,44,45,46)/b12-10+,25-23+,33-31+. The van der Waals surface area contributed by atoms with Crippen LogP contribution in [0.3, 0.4) is 0 Å². The van der Waals surface area contributed by atoms with Crippen LogP contribution in [0.4, 0.5) is 0 Å². The van der Waals surface area contributed by atoms with Crippen LogP contribution in [0.1, 0.15) is 181 Å². The zero-order valence-electron chi connectivity index (χ0n) is 30.3. The van der Waals surface area contributed by atoms with Crippen molar-refractivity contribution in [2.45, 2.75) is 199 Å². The molecule has 0 aromatic carbocycles. The third-order valence-electron chi connectivity index (χ3n) is 8.65. The summed E-state index contributed by atoms with van der Waals surface area (Å²) in [5, 5.41) is 23.3. The van der Waals surface area contributed by atoms with Crippen LogP contribution in [0.25, 0.3) is 0 Å². The Morgan fingerprint density at radius 3 is 1.38 bits per heavy atom. The zero-order chi connectivity index (χ0) is 34.9. The number of allylic oxidation sites excluding steroid dienone is 5. The molecule has 0 aromatic rings. The van der Waals surface area contributed by atoms with E-state index in [9.17, 15) is 28.0 Å². The first-order chi connectivity index (χ1) is 22.7. The molecule has 0 aliphatic heterocycles. The van der Waals surface area contributed by atoms with E-state index in [-0.39, 0.29) is 6.42 Å². The summed E-state index contributed by atoms with van der Waals surface area (Å²) in [5.41, 5.74) is 0. The van der Waals surface area contributed by atoms with Gasteiger partial charge in [-0.15, -0.1) is 0 Å². The third-order valence-corrected chi connectivity index (χ3v) is 9.44. The molecule has 4 N–H and O–H groups in total. The Hall–Kier alpha value is -1.48. The van der Waals surface area contributed by atoms with Crippen molar-refractivity contribution in [2.75, 3.05) is 5.75 Å². The van der Waals surface area contributed by atoms with Gasteiger partial charge in [-0.3, -0.25) is 9.35 Å². The lowest BCUT2D eigenvalue weighted by Gasteiger charge is -2.22. The lowest BCUT2D eigenvalue weighted by atomic mass is 10.0. The summed E-state index contributed by atoms with van der Waals surface area (Å²) in [7, 11) is -4.45. The molecule has 8 heteroatoms. The number of hydrogen-bond donors (Lipinski definition) is 4. The fourth-order valence-corrected chi connectivity index (χ4v) is 6.38. The van der Waals surface area contributed by atoms with Gasteiger partial charge in [-0.25, -0.2) is 0 Å². The van der Waals surface area contributed by atoms with Gasteiger partial charge in [0.15, 0.2) is 0 Å². The molecule has 0 aliphatic carbocycles. The average Bonchev–Trinajstić information content (AvgIpc) is 3.03. The maximum absolute atomic E-state index is 12.5. The Morgan fingerprint density at radius 2 is 0.957 bits per heavy atom. The predicted molar refractivity (Wildman–Crippen MR) is 199 cm³/mol. The Kier molecular flexibility index (Phi) is 32.0. The predicted octanol–water partition coefficient (Wildman–Crippen LogP) is 9.93. The first-order valence-electron chi connectivity index (χ1n) is 19.3. The van der Waals surface area contributed by atoms with Crippen LogP contribution in [0, 0.1) is 0 Å². The van der Waals surface area contributed by atoms with E-state index >= 15 is 0 Å². The van der Waals surface area contributed by atoms with Gasteiger partial charge in [-0.05, 0) is 38.5 Å². The number of hydrogen-bond acceptors (Lipinski definition) is 5. The summed E-state index contributed by atoms with van der Waals surface area (Å²) >= 11 is 0. The minimum absolute atomic E-state index is 0.274. The van der Waals surface area contributed by atoms with Gasteiger partial charge in [-0.2, -0.15) is 8.42 Å². The van der Waals surface area contributed by atoms with Crippen molar-refractivity contribution in [2.24, 2.45) is 0 Å². The lowest BCUT2D eigenvalue weighted by molar-refractivity contribution is -0.130. The van der Waals surface area contributed by atoms with Crippen molar-refractivity contribution in [3.05, 3.63) is 36.5 Å². The van der Waals surface area contributed by atoms with Crippen LogP contribution >= 0.6 is 0 Å². The van der Waals surface area contributed by atoms with Crippen LogP contribution < -0.4 is 5.32 Å². The number of nitrogens with one attached hydrogen (secondary N) is 1. The summed E-state index contributed by atoms with van der Waals surface area (Å²) in [4.78, 5) is 12.5. The maximum atomic E-state index is 12.5. The Bertz CT molecular complexity index is 901. The second-order valence-corrected chi connectivity index (χ2v) is 14.8. The monoisotopic (exact) mass is 684 g/mol. The van der Waals surface area contributed by atoms with Gasteiger partial charge in [0.05, 0.1) is 17.9 Å². The van der Waals surface area contributed by atoms with Crippen molar-refractivity contribution >= 4 is 16.0 Å². The molecular formula is C39H73NO6S. The van der Waals surface area contributed by atoms with E-state index in [1.54, 1.807) is 6.08 Å². The van der Waals surface area contributed by atoms with E-state index in [0.717, 1.165) is 44.9 Å². The molecule has 0 radical (unpaired) electrons. The lowest BCUT2D eigenvalue weighted by Crippen LogP contribution is -2.50. The molecule has 1 amide bonds. The van der Waals surface area contributed by atoms with Gasteiger partial charge in [0.1, 0.15) is 6.10 Å². The SMILES string of the molecule is CCCC/C=C/CC/C=C/CC/C=C/C(O)C(CS(=O)(=O)O)NC(=O)C(O)CCCCCCCCCCCCCCCCCCCC. The average molecular weight is 684 g/mol. The van der Waals surface area contributed by atoms with Crippen LogP contribution in [0.2, 0.25) is 0 Å². The molecule has 0 heterocycles. The second-order valence-electron chi connectivity index (χ2n) is 13.3. The first kappa shape index (κ1) is 45.5. The normalized spacial score (nSPS) is 14.4. The van der Waals surface area contributed by atoms with Gasteiger partial charge in [0.25, 0.3) is 10.1 Å². The highest BCUT2D eigenvalue weighted by atomic mass is 32.2. The molecule has 0 saturated carbocycles. The number of amides is 1. The second kappa shape index (κ2) is 33.0. The zero-order valence-corrected chi connectivity index (χ0v) is 31.1. The summed E-state index contributed by atoms with van der Waals surface area (Å²) in [6, 6.07) is -1.25. The molecule has 3 atom stereocenters. The number of carbonyl (C=O) groups excluding carboxylic acids is 1. The van der Waals surface area contributed by atoms with Crippen LogP contribution in [-0.2, 0) is 14.9 Å². The fourth-order valence-electron chi connectivity index (χ4n) is 5.65.